The van der Waals surface area contributed by atoms with Crippen LogP contribution >= 0.6 is 15.9 Å². The molecule has 3 N–H and O–H groups in total. The van der Waals surface area contributed by atoms with Crippen molar-refractivity contribution in [3.63, 3.8) is 0 Å². The number of nitrogens with zero attached hydrogens (tertiary/aromatic N) is 3. The maximum atomic E-state index is 12.3. The Morgan fingerprint density at radius 3 is 2.86 bits per heavy atom. The van der Waals surface area contributed by atoms with Crippen LogP contribution in [0.1, 0.15) is 12.0 Å². The normalized spacial score (nSPS) is 11.7. The Bertz CT molecular complexity index is 715. The summed E-state index contributed by atoms with van der Waals surface area (Å²) in [6, 6.07) is 3.23. The van der Waals surface area contributed by atoms with E-state index in [0.29, 0.717) is 35.2 Å². The minimum atomic E-state index is -3.58. The average molecular weight is 374 g/mol. The molecule has 0 spiro atoms. The van der Waals surface area contributed by atoms with Gasteiger partial charge in [-0.1, -0.05) is 21.1 Å². The second-order valence-corrected chi connectivity index (χ2v) is 7.19. The molecule has 1 heterocycles. The number of nitrogens with one attached hydrogen (secondary N) is 1. The van der Waals surface area contributed by atoms with Crippen molar-refractivity contribution in [2.24, 2.45) is 0 Å². The Morgan fingerprint density at radius 1 is 1.43 bits per heavy atom. The molecule has 2 aromatic rings. The monoisotopic (exact) mass is 373 g/mol. The quantitative estimate of drug-likeness (QED) is 0.586. The number of hydrogen-bond donors (Lipinski definition) is 2. The summed E-state index contributed by atoms with van der Waals surface area (Å²) in [5.41, 5.74) is 6.78. The summed E-state index contributed by atoms with van der Waals surface area (Å²) in [6.07, 6.45) is 3.93. The van der Waals surface area contributed by atoms with E-state index in [9.17, 15) is 8.42 Å². The van der Waals surface area contributed by atoms with Crippen LogP contribution in [-0.2, 0) is 16.6 Å². The third kappa shape index (κ3) is 4.02. The van der Waals surface area contributed by atoms with Gasteiger partial charge in [-0.3, -0.25) is 4.68 Å². The van der Waals surface area contributed by atoms with Crippen LogP contribution in [0.25, 0.3) is 0 Å². The molecule has 0 aliphatic rings. The summed E-state index contributed by atoms with van der Waals surface area (Å²) in [5.74, 6) is 0. The third-order valence-corrected chi connectivity index (χ3v) is 5.03. The van der Waals surface area contributed by atoms with Crippen LogP contribution in [-0.4, -0.2) is 30.0 Å². The van der Waals surface area contributed by atoms with Gasteiger partial charge >= 0.3 is 0 Å². The Hall–Kier alpha value is -1.45. The highest BCUT2D eigenvalue weighted by atomic mass is 79.9. The number of benzene rings is 1. The lowest BCUT2D eigenvalue weighted by molar-refractivity contribution is 0.542. The number of anilines is 1. The van der Waals surface area contributed by atoms with Crippen LogP contribution < -0.4 is 10.5 Å². The van der Waals surface area contributed by atoms with E-state index in [1.807, 2.05) is 0 Å². The van der Waals surface area contributed by atoms with Crippen molar-refractivity contribution in [3.8, 4) is 0 Å². The van der Waals surface area contributed by atoms with Crippen LogP contribution in [0.15, 0.2) is 33.9 Å². The van der Waals surface area contributed by atoms with Gasteiger partial charge in [0.25, 0.3) is 0 Å². The molecule has 9 heteroatoms. The lowest BCUT2D eigenvalue weighted by Crippen LogP contribution is -2.26. The molecule has 114 valence electrons. The molecule has 0 atom stereocenters. The fraction of sp³-hybridized carbons (Fsp3) is 0.333. The van der Waals surface area contributed by atoms with Gasteiger partial charge in [-0.25, -0.2) is 13.1 Å². The topological polar surface area (TPSA) is 103 Å². The average Bonchev–Trinajstić information content (AvgIpc) is 2.92. The van der Waals surface area contributed by atoms with Crippen LogP contribution in [0.5, 0.6) is 0 Å². The highest BCUT2D eigenvalue weighted by molar-refractivity contribution is 9.10. The van der Waals surface area contributed by atoms with E-state index in [2.05, 4.69) is 31.0 Å². The lowest BCUT2D eigenvalue weighted by atomic mass is 10.2. The molecule has 0 radical (unpaired) electrons. The number of nitrogen functional groups attached to an aromatic ring is 1. The van der Waals surface area contributed by atoms with Crippen molar-refractivity contribution in [2.45, 2.75) is 24.8 Å². The molecule has 2 rings (SSSR count). The summed E-state index contributed by atoms with van der Waals surface area (Å²) in [6.45, 7) is 2.60. The number of halogens is 1. The number of aromatic nitrogens is 3. The largest absolute Gasteiger partial charge is 0.398 e. The maximum absolute atomic E-state index is 12.3. The smallest absolute Gasteiger partial charge is 0.240 e. The third-order valence-electron chi connectivity index (χ3n) is 2.98. The van der Waals surface area contributed by atoms with Gasteiger partial charge in [0.1, 0.15) is 0 Å². The molecule has 0 bridgehead atoms. The summed E-state index contributed by atoms with van der Waals surface area (Å²) < 4.78 is 29.4. The van der Waals surface area contributed by atoms with Crippen LogP contribution in [0.2, 0.25) is 0 Å². The molecule has 7 nitrogen and oxygen atoms in total. The van der Waals surface area contributed by atoms with Gasteiger partial charge in [-0.15, -0.1) is 5.10 Å². The Balaban J connectivity index is 2.02. The Kier molecular flexibility index (Phi) is 4.96. The fourth-order valence-electron chi connectivity index (χ4n) is 1.83. The van der Waals surface area contributed by atoms with Gasteiger partial charge in [-0.05, 0) is 31.0 Å². The van der Waals surface area contributed by atoms with E-state index in [0.717, 1.165) is 0 Å². The van der Waals surface area contributed by atoms with Gasteiger partial charge < -0.3 is 5.73 Å². The van der Waals surface area contributed by atoms with Crippen molar-refractivity contribution >= 4 is 31.6 Å². The van der Waals surface area contributed by atoms with E-state index >= 15 is 0 Å². The summed E-state index contributed by atoms with van der Waals surface area (Å²) in [7, 11) is -3.58. The Labute approximate surface area is 131 Å². The van der Waals surface area contributed by atoms with E-state index < -0.39 is 10.0 Å². The fourth-order valence-corrected chi connectivity index (χ4v) is 3.83. The number of sulfonamides is 1. The molecule has 0 amide bonds. The first-order valence-electron chi connectivity index (χ1n) is 6.29. The predicted molar refractivity (Wildman–Crippen MR) is 83.1 cm³/mol. The predicted octanol–water partition coefficient (Wildman–Crippen LogP) is 1.30. The zero-order valence-electron chi connectivity index (χ0n) is 11.5. The minimum absolute atomic E-state index is 0.190. The molecule has 0 unspecified atom stereocenters. The zero-order valence-corrected chi connectivity index (χ0v) is 13.9. The van der Waals surface area contributed by atoms with E-state index in [1.165, 1.54) is 0 Å². The van der Waals surface area contributed by atoms with E-state index in [1.54, 1.807) is 36.1 Å². The summed E-state index contributed by atoms with van der Waals surface area (Å²) in [4.78, 5) is 0.190. The SMILES string of the molecule is Cc1c(N)cc(Br)cc1S(=O)(=O)NCCCn1ccnn1. The molecule has 0 aliphatic heterocycles. The second-order valence-electron chi connectivity index (χ2n) is 4.54. The van der Waals surface area contributed by atoms with Crippen molar-refractivity contribution in [2.75, 3.05) is 12.3 Å². The number of aryl methyl sites for hydroxylation is 1. The molecule has 0 saturated carbocycles. The molecule has 0 saturated heterocycles. The molecular formula is C12H16BrN5O2S. The van der Waals surface area contributed by atoms with E-state index in [4.69, 9.17) is 5.73 Å². The van der Waals surface area contributed by atoms with Crippen LogP contribution in [0.4, 0.5) is 5.69 Å². The number of hydrogen-bond acceptors (Lipinski definition) is 5. The second kappa shape index (κ2) is 6.54. The van der Waals surface area contributed by atoms with Gasteiger partial charge in [0.2, 0.25) is 10.0 Å². The van der Waals surface area contributed by atoms with Gasteiger partial charge in [0.15, 0.2) is 0 Å². The van der Waals surface area contributed by atoms with Crippen molar-refractivity contribution < 1.29 is 8.42 Å². The summed E-state index contributed by atoms with van der Waals surface area (Å²) >= 11 is 3.26. The first-order chi connectivity index (χ1) is 9.90. The maximum Gasteiger partial charge on any atom is 0.240 e. The first-order valence-corrected chi connectivity index (χ1v) is 8.57. The number of nitrogens with two attached hydrogens (primary N) is 1. The highest BCUT2D eigenvalue weighted by Gasteiger charge is 2.18. The highest BCUT2D eigenvalue weighted by Crippen LogP contribution is 2.26. The van der Waals surface area contributed by atoms with Crippen LogP contribution in [0, 0.1) is 6.92 Å². The van der Waals surface area contributed by atoms with Gasteiger partial charge in [0.05, 0.1) is 11.1 Å². The first kappa shape index (κ1) is 15.9. The van der Waals surface area contributed by atoms with Gasteiger partial charge in [0, 0.05) is 29.4 Å². The molecule has 0 aliphatic carbocycles. The Morgan fingerprint density at radius 2 is 2.19 bits per heavy atom. The number of rotatable bonds is 6. The van der Waals surface area contributed by atoms with Crippen molar-refractivity contribution in [3.05, 3.63) is 34.6 Å². The minimum Gasteiger partial charge on any atom is -0.398 e. The van der Waals surface area contributed by atoms with Crippen LogP contribution in [0.3, 0.4) is 0 Å². The molecular weight excluding hydrogens is 358 g/mol. The molecule has 1 aromatic heterocycles. The lowest BCUT2D eigenvalue weighted by Gasteiger charge is -2.11. The molecule has 0 fully saturated rings. The summed E-state index contributed by atoms with van der Waals surface area (Å²) in [5, 5.41) is 7.50. The van der Waals surface area contributed by atoms with E-state index in [-0.39, 0.29) is 4.90 Å². The zero-order chi connectivity index (χ0) is 15.5. The molecule has 21 heavy (non-hydrogen) atoms. The molecule has 1 aromatic carbocycles. The standard InChI is InChI=1S/C12H16BrN5O2S/c1-9-11(14)7-10(13)8-12(9)21(19,20)16-3-2-5-18-6-4-15-17-18/h4,6-8,16H,2-3,5,14H2,1H3. The van der Waals surface area contributed by atoms with Crippen molar-refractivity contribution in [1.82, 2.24) is 19.7 Å². The van der Waals surface area contributed by atoms with Crippen molar-refractivity contribution in [1.29, 1.82) is 0 Å². The van der Waals surface area contributed by atoms with Gasteiger partial charge in [-0.2, -0.15) is 0 Å².